The molecule has 0 aromatic rings. The predicted molar refractivity (Wildman–Crippen MR) is 69.5 cm³/mol. The zero-order valence-electron chi connectivity index (χ0n) is 9.68. The number of thioether (sulfide) groups is 2. The van der Waals surface area contributed by atoms with E-state index in [9.17, 15) is 19.5 Å². The average Bonchev–Trinajstić information content (AvgIpc) is 2.90. The Labute approximate surface area is 113 Å². The number of nitrogens with one attached hydrogen (secondary N) is 1. The van der Waals surface area contributed by atoms with Gasteiger partial charge in [-0.2, -0.15) is 11.8 Å². The normalized spacial score (nSPS) is 27.6. The van der Waals surface area contributed by atoms with E-state index in [2.05, 4.69) is 5.32 Å². The number of carbonyl (C=O) groups excluding carboxylic acids is 2. The summed E-state index contributed by atoms with van der Waals surface area (Å²) in [6, 6.07) is 0. The van der Waals surface area contributed by atoms with E-state index < -0.39 is 17.4 Å². The first-order valence-corrected chi connectivity index (χ1v) is 7.82. The third kappa shape index (κ3) is 2.74. The second-order valence-electron chi connectivity index (χ2n) is 4.31. The molecule has 6 nitrogen and oxygen atoms in total. The van der Waals surface area contributed by atoms with Gasteiger partial charge in [-0.05, 0) is 12.2 Å². The molecule has 2 aliphatic heterocycles. The number of aliphatic carboxylic acids is 1. The molecule has 0 aromatic heterocycles. The summed E-state index contributed by atoms with van der Waals surface area (Å²) >= 11 is 2.97. The molecule has 2 heterocycles. The molecule has 0 saturated carbocycles. The lowest BCUT2D eigenvalue weighted by Crippen LogP contribution is -2.56. The lowest BCUT2D eigenvalue weighted by molar-refractivity contribution is -0.146. The van der Waals surface area contributed by atoms with Crippen LogP contribution in [0.25, 0.3) is 0 Å². The van der Waals surface area contributed by atoms with E-state index in [4.69, 9.17) is 0 Å². The summed E-state index contributed by atoms with van der Waals surface area (Å²) < 4.78 is 0. The molecule has 2 N–H and O–H groups in total. The van der Waals surface area contributed by atoms with E-state index in [0.717, 1.165) is 5.75 Å². The molecule has 2 rings (SSSR count). The molecule has 2 saturated heterocycles. The molecule has 0 spiro atoms. The topological polar surface area (TPSA) is 86.7 Å². The van der Waals surface area contributed by atoms with Crippen molar-refractivity contribution >= 4 is 41.3 Å². The first-order valence-electron chi connectivity index (χ1n) is 5.51. The molecular formula is C10H14N2O4S2. The summed E-state index contributed by atoms with van der Waals surface area (Å²) in [7, 11) is 0. The first-order chi connectivity index (χ1) is 8.53. The summed E-state index contributed by atoms with van der Waals surface area (Å²) in [5.41, 5.74) is -1.16. The van der Waals surface area contributed by atoms with Crippen molar-refractivity contribution in [2.24, 2.45) is 0 Å². The Morgan fingerprint density at radius 2 is 2.22 bits per heavy atom. The van der Waals surface area contributed by atoms with Crippen LogP contribution in [-0.4, -0.2) is 63.0 Å². The fourth-order valence-electron chi connectivity index (χ4n) is 1.91. The van der Waals surface area contributed by atoms with Gasteiger partial charge in [0.05, 0.1) is 11.6 Å². The van der Waals surface area contributed by atoms with Crippen molar-refractivity contribution in [2.45, 2.75) is 12.0 Å². The highest BCUT2D eigenvalue weighted by atomic mass is 32.2. The maximum atomic E-state index is 11.8. The number of amides is 2. The molecule has 0 bridgehead atoms. The van der Waals surface area contributed by atoms with Crippen LogP contribution in [0, 0.1) is 0 Å². The van der Waals surface area contributed by atoms with Crippen molar-refractivity contribution in [3.8, 4) is 0 Å². The smallest absolute Gasteiger partial charge is 0.330 e. The Kier molecular flexibility index (Phi) is 4.06. The van der Waals surface area contributed by atoms with Crippen LogP contribution in [-0.2, 0) is 14.4 Å². The first kappa shape index (κ1) is 13.5. The van der Waals surface area contributed by atoms with E-state index in [1.54, 1.807) is 0 Å². The van der Waals surface area contributed by atoms with Crippen LogP contribution in [0.3, 0.4) is 0 Å². The van der Waals surface area contributed by atoms with Gasteiger partial charge in [-0.3, -0.25) is 9.59 Å². The van der Waals surface area contributed by atoms with E-state index in [1.807, 2.05) is 0 Å². The van der Waals surface area contributed by atoms with Crippen LogP contribution < -0.4 is 5.32 Å². The van der Waals surface area contributed by atoms with Gasteiger partial charge in [0.15, 0.2) is 0 Å². The van der Waals surface area contributed by atoms with Crippen molar-refractivity contribution in [3.05, 3.63) is 0 Å². The number of hydrogen-bond donors (Lipinski definition) is 2. The Balaban J connectivity index is 1.93. The third-order valence-electron chi connectivity index (χ3n) is 2.97. The van der Waals surface area contributed by atoms with Crippen LogP contribution in [0.1, 0.15) is 6.42 Å². The predicted octanol–water partition coefficient (Wildman–Crippen LogP) is -0.404. The van der Waals surface area contributed by atoms with E-state index in [0.29, 0.717) is 23.8 Å². The van der Waals surface area contributed by atoms with Crippen molar-refractivity contribution in [1.82, 2.24) is 10.2 Å². The molecule has 0 radical (unpaired) electrons. The van der Waals surface area contributed by atoms with Crippen LogP contribution >= 0.6 is 23.5 Å². The zero-order chi connectivity index (χ0) is 13.2. The van der Waals surface area contributed by atoms with E-state index in [1.165, 1.54) is 28.4 Å². The SMILES string of the molecule is O=C(CN1CSCC1=O)N[C@]1(C(=O)O)CCSC1. The summed E-state index contributed by atoms with van der Waals surface area (Å²) in [5.74, 6) is 0.551. The Morgan fingerprint density at radius 3 is 2.72 bits per heavy atom. The van der Waals surface area contributed by atoms with Crippen LogP contribution in [0.5, 0.6) is 0 Å². The van der Waals surface area contributed by atoms with Gasteiger partial charge < -0.3 is 15.3 Å². The highest BCUT2D eigenvalue weighted by Gasteiger charge is 2.43. The quantitative estimate of drug-likeness (QED) is 0.732. The summed E-state index contributed by atoms with van der Waals surface area (Å²) in [5, 5.41) is 11.8. The molecule has 2 aliphatic rings. The van der Waals surface area contributed by atoms with Crippen molar-refractivity contribution in [3.63, 3.8) is 0 Å². The molecule has 0 aliphatic carbocycles. The Bertz CT molecular complexity index is 382. The lowest BCUT2D eigenvalue weighted by Gasteiger charge is -2.25. The third-order valence-corrected chi connectivity index (χ3v) is 5.10. The van der Waals surface area contributed by atoms with Crippen LogP contribution in [0.15, 0.2) is 0 Å². The second-order valence-corrected chi connectivity index (χ2v) is 6.37. The largest absolute Gasteiger partial charge is 0.479 e. The van der Waals surface area contributed by atoms with Gasteiger partial charge in [0.25, 0.3) is 0 Å². The Hall–Kier alpha value is -0.890. The van der Waals surface area contributed by atoms with Gasteiger partial charge in [-0.25, -0.2) is 4.79 Å². The molecule has 2 amide bonds. The van der Waals surface area contributed by atoms with E-state index >= 15 is 0 Å². The maximum absolute atomic E-state index is 11.8. The molecule has 2 fully saturated rings. The number of hydrogen-bond acceptors (Lipinski definition) is 5. The minimum atomic E-state index is -1.16. The molecule has 0 unspecified atom stereocenters. The highest BCUT2D eigenvalue weighted by molar-refractivity contribution is 8.00. The minimum Gasteiger partial charge on any atom is -0.479 e. The number of carbonyl (C=O) groups is 3. The zero-order valence-corrected chi connectivity index (χ0v) is 11.3. The summed E-state index contributed by atoms with van der Waals surface area (Å²) in [4.78, 5) is 35.9. The monoisotopic (exact) mass is 290 g/mol. The van der Waals surface area contributed by atoms with Crippen LogP contribution in [0.4, 0.5) is 0 Å². The number of rotatable bonds is 4. The Morgan fingerprint density at radius 1 is 1.44 bits per heavy atom. The molecule has 0 aromatic carbocycles. The highest BCUT2D eigenvalue weighted by Crippen LogP contribution is 2.28. The lowest BCUT2D eigenvalue weighted by atomic mass is 9.99. The molecule has 100 valence electrons. The number of carboxylic acid groups (broad SMARTS) is 1. The van der Waals surface area contributed by atoms with Crippen LogP contribution in [0.2, 0.25) is 0 Å². The fourth-order valence-corrected chi connectivity index (χ4v) is 4.14. The van der Waals surface area contributed by atoms with Gasteiger partial charge in [0, 0.05) is 5.75 Å². The second kappa shape index (κ2) is 5.40. The van der Waals surface area contributed by atoms with E-state index in [-0.39, 0.29) is 12.5 Å². The minimum absolute atomic E-state index is 0.0501. The maximum Gasteiger partial charge on any atom is 0.330 e. The van der Waals surface area contributed by atoms with Gasteiger partial charge in [0.2, 0.25) is 11.8 Å². The van der Waals surface area contributed by atoms with Gasteiger partial charge in [-0.1, -0.05) is 0 Å². The summed E-state index contributed by atoms with van der Waals surface area (Å²) in [6.07, 6.45) is 0.432. The number of carboxylic acids is 1. The van der Waals surface area contributed by atoms with Gasteiger partial charge in [-0.15, -0.1) is 11.8 Å². The van der Waals surface area contributed by atoms with Gasteiger partial charge >= 0.3 is 5.97 Å². The van der Waals surface area contributed by atoms with Crippen molar-refractivity contribution < 1.29 is 19.5 Å². The molecule has 18 heavy (non-hydrogen) atoms. The van der Waals surface area contributed by atoms with Crippen molar-refractivity contribution in [1.29, 1.82) is 0 Å². The standard InChI is InChI=1S/C10H14N2O4S2/c13-7(3-12-6-18-4-8(12)14)11-10(9(15)16)1-2-17-5-10/h1-6H2,(H,11,13)(H,15,16)/t10-/m1/s1. The van der Waals surface area contributed by atoms with Gasteiger partial charge in [0.1, 0.15) is 12.1 Å². The average molecular weight is 290 g/mol. The fraction of sp³-hybridized carbons (Fsp3) is 0.700. The molecule has 1 atom stereocenters. The number of nitrogens with zero attached hydrogens (tertiary/aromatic N) is 1. The van der Waals surface area contributed by atoms with Crippen molar-refractivity contribution in [2.75, 3.05) is 29.7 Å². The molecular weight excluding hydrogens is 276 g/mol. The molecule has 8 heteroatoms. The summed E-state index contributed by atoms with van der Waals surface area (Å²) in [6.45, 7) is -0.0501.